The number of phenolic OH excluding ortho intramolecular Hbond substituents is 1. The summed E-state index contributed by atoms with van der Waals surface area (Å²) in [5.74, 6) is -0.718. The van der Waals surface area contributed by atoms with Crippen LogP contribution in [-0.4, -0.2) is 10.1 Å². The normalized spacial score (nSPS) is 10.2. The molecule has 2 N–H and O–H groups in total. The SMILES string of the molecule is O=c1cccc(-c2cc(O)cc(F)c2)[nH]1. The second-order valence-corrected chi connectivity index (χ2v) is 3.13. The zero-order chi connectivity index (χ0) is 10.8. The van der Waals surface area contributed by atoms with E-state index in [-0.39, 0.29) is 11.3 Å². The van der Waals surface area contributed by atoms with Gasteiger partial charge in [0.05, 0.1) is 0 Å². The molecule has 2 rings (SSSR count). The number of nitrogens with one attached hydrogen (secondary N) is 1. The van der Waals surface area contributed by atoms with Gasteiger partial charge in [-0.1, -0.05) is 6.07 Å². The first-order valence-corrected chi connectivity index (χ1v) is 4.34. The fraction of sp³-hybridized carbons (Fsp3) is 0. The highest BCUT2D eigenvalue weighted by atomic mass is 19.1. The minimum Gasteiger partial charge on any atom is -0.508 e. The van der Waals surface area contributed by atoms with Gasteiger partial charge in [0.2, 0.25) is 5.56 Å². The van der Waals surface area contributed by atoms with Gasteiger partial charge in [-0.15, -0.1) is 0 Å². The molecule has 1 aromatic carbocycles. The largest absolute Gasteiger partial charge is 0.508 e. The van der Waals surface area contributed by atoms with Crippen molar-refractivity contribution in [3.63, 3.8) is 0 Å². The van der Waals surface area contributed by atoms with Crippen LogP contribution in [-0.2, 0) is 0 Å². The van der Waals surface area contributed by atoms with Gasteiger partial charge in [-0.25, -0.2) is 4.39 Å². The standard InChI is InChI=1S/C11H8FNO2/c12-8-4-7(5-9(14)6-8)10-2-1-3-11(15)13-10/h1-6,14H,(H,13,15). The van der Waals surface area contributed by atoms with E-state index in [4.69, 9.17) is 0 Å². The van der Waals surface area contributed by atoms with Crippen LogP contribution in [0, 0.1) is 5.82 Å². The fourth-order valence-electron chi connectivity index (χ4n) is 1.35. The molecule has 0 saturated carbocycles. The lowest BCUT2D eigenvalue weighted by Crippen LogP contribution is -2.03. The highest BCUT2D eigenvalue weighted by molar-refractivity contribution is 5.60. The lowest BCUT2D eigenvalue weighted by Gasteiger charge is -2.02. The molecular weight excluding hydrogens is 197 g/mol. The Balaban J connectivity index is 2.58. The summed E-state index contributed by atoms with van der Waals surface area (Å²) in [5, 5.41) is 9.19. The van der Waals surface area contributed by atoms with Crippen molar-refractivity contribution in [3.05, 3.63) is 52.6 Å². The van der Waals surface area contributed by atoms with Crippen molar-refractivity contribution >= 4 is 0 Å². The zero-order valence-electron chi connectivity index (χ0n) is 7.70. The zero-order valence-corrected chi connectivity index (χ0v) is 7.70. The number of benzene rings is 1. The van der Waals surface area contributed by atoms with Crippen molar-refractivity contribution in [2.24, 2.45) is 0 Å². The quantitative estimate of drug-likeness (QED) is 0.746. The molecular formula is C11H8FNO2. The first-order chi connectivity index (χ1) is 7.15. The van der Waals surface area contributed by atoms with Crippen LogP contribution in [0.4, 0.5) is 4.39 Å². The van der Waals surface area contributed by atoms with Gasteiger partial charge in [0.25, 0.3) is 0 Å². The predicted octanol–water partition coefficient (Wildman–Crippen LogP) is 1.89. The van der Waals surface area contributed by atoms with Gasteiger partial charge in [-0.2, -0.15) is 0 Å². The van der Waals surface area contributed by atoms with Gasteiger partial charge in [0, 0.05) is 23.4 Å². The van der Waals surface area contributed by atoms with Crippen LogP contribution in [0.2, 0.25) is 0 Å². The molecule has 0 bridgehead atoms. The van der Waals surface area contributed by atoms with Gasteiger partial charge in [-0.3, -0.25) is 4.79 Å². The number of aromatic hydroxyl groups is 1. The number of hydrogen-bond acceptors (Lipinski definition) is 2. The summed E-state index contributed by atoms with van der Waals surface area (Å²) in [4.78, 5) is 13.6. The number of pyridine rings is 1. The Hall–Kier alpha value is -2.10. The van der Waals surface area contributed by atoms with Crippen LogP contribution in [0.5, 0.6) is 5.75 Å². The van der Waals surface area contributed by atoms with Crippen molar-refractivity contribution in [1.82, 2.24) is 4.98 Å². The Bertz CT molecular complexity index is 528. The Morgan fingerprint density at radius 1 is 1.20 bits per heavy atom. The average Bonchev–Trinajstić information content (AvgIpc) is 2.16. The molecule has 15 heavy (non-hydrogen) atoms. The van der Waals surface area contributed by atoms with Gasteiger partial charge < -0.3 is 10.1 Å². The summed E-state index contributed by atoms with van der Waals surface area (Å²) in [6.45, 7) is 0. The smallest absolute Gasteiger partial charge is 0.248 e. The maximum atomic E-state index is 13.0. The first kappa shape index (κ1) is 9.45. The van der Waals surface area contributed by atoms with E-state index in [1.165, 1.54) is 18.2 Å². The average molecular weight is 205 g/mol. The van der Waals surface area contributed by atoms with Crippen molar-refractivity contribution in [2.75, 3.05) is 0 Å². The highest BCUT2D eigenvalue weighted by Crippen LogP contribution is 2.22. The van der Waals surface area contributed by atoms with E-state index in [0.717, 1.165) is 6.07 Å². The molecule has 0 fully saturated rings. The molecule has 0 aliphatic rings. The highest BCUT2D eigenvalue weighted by Gasteiger charge is 2.02. The summed E-state index contributed by atoms with van der Waals surface area (Å²) in [5.41, 5.74) is 0.638. The summed E-state index contributed by atoms with van der Waals surface area (Å²) < 4.78 is 13.0. The number of halogens is 1. The minimum absolute atomic E-state index is 0.172. The Kier molecular flexibility index (Phi) is 2.25. The van der Waals surface area contributed by atoms with Crippen LogP contribution in [0.15, 0.2) is 41.2 Å². The molecule has 0 radical (unpaired) electrons. The monoisotopic (exact) mass is 205 g/mol. The van der Waals surface area contributed by atoms with Crippen molar-refractivity contribution < 1.29 is 9.50 Å². The van der Waals surface area contributed by atoms with Crippen LogP contribution < -0.4 is 5.56 Å². The predicted molar refractivity (Wildman–Crippen MR) is 54.1 cm³/mol. The molecule has 3 nitrogen and oxygen atoms in total. The summed E-state index contributed by atoms with van der Waals surface area (Å²) in [7, 11) is 0. The van der Waals surface area contributed by atoms with Crippen LogP contribution >= 0.6 is 0 Å². The maximum absolute atomic E-state index is 13.0. The molecule has 0 saturated heterocycles. The van der Waals surface area contributed by atoms with Gasteiger partial charge in [0.15, 0.2) is 0 Å². The molecule has 4 heteroatoms. The van der Waals surface area contributed by atoms with Gasteiger partial charge >= 0.3 is 0 Å². The van der Waals surface area contributed by atoms with Crippen LogP contribution in [0.3, 0.4) is 0 Å². The van der Waals surface area contributed by atoms with E-state index in [9.17, 15) is 14.3 Å². The van der Waals surface area contributed by atoms with E-state index < -0.39 is 5.82 Å². The summed E-state index contributed by atoms with van der Waals surface area (Å²) in [6, 6.07) is 8.19. The van der Waals surface area contributed by atoms with E-state index in [2.05, 4.69) is 4.98 Å². The van der Waals surface area contributed by atoms with Crippen molar-refractivity contribution in [3.8, 4) is 17.0 Å². The van der Waals surface area contributed by atoms with Crippen molar-refractivity contribution in [1.29, 1.82) is 0 Å². The van der Waals surface area contributed by atoms with E-state index in [0.29, 0.717) is 11.3 Å². The molecule has 0 aliphatic heterocycles. The second-order valence-electron chi connectivity index (χ2n) is 3.13. The summed E-state index contributed by atoms with van der Waals surface area (Å²) >= 11 is 0. The lowest BCUT2D eigenvalue weighted by molar-refractivity contribution is 0.469. The maximum Gasteiger partial charge on any atom is 0.248 e. The topological polar surface area (TPSA) is 53.1 Å². The molecule has 0 atom stereocenters. The number of rotatable bonds is 1. The minimum atomic E-state index is -0.547. The molecule has 0 aliphatic carbocycles. The Morgan fingerprint density at radius 2 is 2.00 bits per heavy atom. The number of hydrogen-bond donors (Lipinski definition) is 2. The van der Waals surface area contributed by atoms with Crippen molar-refractivity contribution in [2.45, 2.75) is 0 Å². The van der Waals surface area contributed by atoms with Crippen LogP contribution in [0.1, 0.15) is 0 Å². The number of H-pyrrole nitrogens is 1. The number of aromatic amines is 1. The lowest BCUT2D eigenvalue weighted by atomic mass is 10.1. The molecule has 0 spiro atoms. The fourth-order valence-corrected chi connectivity index (χ4v) is 1.35. The van der Waals surface area contributed by atoms with E-state index in [1.807, 2.05) is 0 Å². The first-order valence-electron chi connectivity index (χ1n) is 4.34. The van der Waals surface area contributed by atoms with Gasteiger partial charge in [-0.05, 0) is 18.2 Å². The molecule has 2 aromatic rings. The second kappa shape index (κ2) is 3.57. The van der Waals surface area contributed by atoms with E-state index in [1.54, 1.807) is 12.1 Å². The Morgan fingerprint density at radius 3 is 2.67 bits per heavy atom. The number of phenols is 1. The molecule has 0 unspecified atom stereocenters. The molecule has 0 amide bonds. The van der Waals surface area contributed by atoms with Gasteiger partial charge in [0.1, 0.15) is 11.6 Å². The van der Waals surface area contributed by atoms with E-state index >= 15 is 0 Å². The molecule has 1 aromatic heterocycles. The third-order valence-electron chi connectivity index (χ3n) is 1.96. The van der Waals surface area contributed by atoms with Crippen LogP contribution in [0.25, 0.3) is 11.3 Å². The number of aromatic nitrogens is 1. The summed E-state index contributed by atoms with van der Waals surface area (Å²) in [6.07, 6.45) is 0. The molecule has 1 heterocycles. The molecule has 76 valence electrons. The third kappa shape index (κ3) is 2.04. The Labute approximate surface area is 84.8 Å². The third-order valence-corrected chi connectivity index (χ3v) is 1.96.